The standard InChI is InChI=1S/C24H17ClF2N2O3/c1-32-17-9-6-14(7-10-17)21-22(28-16-8-11-19(26)20(27)12-16)24(31)29(23(21)30)13-15-4-2-3-5-18(15)25/h2-12,28H,13H2,1H3. The van der Waals surface area contributed by atoms with Crippen molar-refractivity contribution in [3.05, 3.63) is 100 Å². The van der Waals surface area contributed by atoms with Crippen LogP contribution in [0.4, 0.5) is 14.5 Å². The number of amides is 2. The number of carbonyl (C=O) groups is 2. The molecular weight excluding hydrogens is 438 g/mol. The lowest BCUT2D eigenvalue weighted by molar-refractivity contribution is -0.137. The van der Waals surface area contributed by atoms with Gasteiger partial charge >= 0.3 is 0 Å². The number of anilines is 1. The highest BCUT2D eigenvalue weighted by Crippen LogP contribution is 2.33. The summed E-state index contributed by atoms with van der Waals surface area (Å²) in [5.41, 5.74) is 1.26. The maximum atomic E-state index is 13.7. The van der Waals surface area contributed by atoms with E-state index >= 15 is 0 Å². The molecule has 1 aliphatic rings. The summed E-state index contributed by atoms with van der Waals surface area (Å²) in [7, 11) is 1.51. The van der Waals surface area contributed by atoms with Crippen molar-refractivity contribution in [2.24, 2.45) is 0 Å². The third-order valence-electron chi connectivity index (χ3n) is 5.02. The Labute approximate surface area is 187 Å². The number of carbonyl (C=O) groups excluding carboxylic acids is 2. The number of methoxy groups -OCH3 is 1. The van der Waals surface area contributed by atoms with Crippen molar-refractivity contribution in [3.8, 4) is 5.75 Å². The quantitative estimate of drug-likeness (QED) is 0.531. The van der Waals surface area contributed by atoms with Gasteiger partial charge in [-0.05, 0) is 41.5 Å². The Morgan fingerprint density at radius 2 is 1.66 bits per heavy atom. The average Bonchev–Trinajstić information content (AvgIpc) is 3.02. The van der Waals surface area contributed by atoms with Crippen molar-refractivity contribution >= 4 is 34.7 Å². The third kappa shape index (κ3) is 4.07. The molecule has 1 N–H and O–H groups in total. The SMILES string of the molecule is COc1ccc(C2=C(Nc3ccc(F)c(F)c3)C(=O)N(Cc3ccccc3Cl)C2=O)cc1. The number of benzene rings is 3. The normalized spacial score (nSPS) is 13.7. The van der Waals surface area contributed by atoms with E-state index in [0.717, 1.165) is 17.0 Å². The van der Waals surface area contributed by atoms with E-state index in [1.165, 1.54) is 13.2 Å². The van der Waals surface area contributed by atoms with Crippen LogP contribution in [0.3, 0.4) is 0 Å². The van der Waals surface area contributed by atoms with E-state index in [1.807, 2.05) is 0 Å². The number of halogens is 3. The lowest BCUT2D eigenvalue weighted by atomic mass is 10.0. The summed E-state index contributed by atoms with van der Waals surface area (Å²) >= 11 is 6.21. The molecule has 1 aliphatic heterocycles. The summed E-state index contributed by atoms with van der Waals surface area (Å²) in [6.45, 7) is -0.0417. The molecule has 2 amide bonds. The second-order valence-corrected chi connectivity index (χ2v) is 7.43. The summed E-state index contributed by atoms with van der Waals surface area (Å²) in [5.74, 6) is -2.66. The first-order chi connectivity index (χ1) is 15.4. The smallest absolute Gasteiger partial charge is 0.278 e. The molecule has 162 valence electrons. The van der Waals surface area contributed by atoms with Crippen molar-refractivity contribution in [1.29, 1.82) is 0 Å². The zero-order valence-electron chi connectivity index (χ0n) is 16.9. The molecule has 3 aromatic carbocycles. The van der Waals surface area contributed by atoms with Crippen LogP contribution in [0.2, 0.25) is 5.02 Å². The second kappa shape index (κ2) is 8.80. The van der Waals surface area contributed by atoms with Crippen LogP contribution in [0.25, 0.3) is 5.57 Å². The fourth-order valence-corrected chi connectivity index (χ4v) is 3.57. The van der Waals surface area contributed by atoms with Crippen molar-refractivity contribution < 1.29 is 23.1 Å². The maximum absolute atomic E-state index is 13.7. The Balaban J connectivity index is 1.76. The molecule has 0 aromatic heterocycles. The molecule has 0 unspecified atom stereocenters. The Kier molecular flexibility index (Phi) is 5.92. The zero-order chi connectivity index (χ0) is 22.8. The lowest BCUT2D eigenvalue weighted by Crippen LogP contribution is -2.32. The van der Waals surface area contributed by atoms with E-state index in [4.69, 9.17) is 16.3 Å². The van der Waals surface area contributed by atoms with Gasteiger partial charge in [-0.1, -0.05) is 41.9 Å². The van der Waals surface area contributed by atoms with E-state index in [1.54, 1.807) is 48.5 Å². The Morgan fingerprint density at radius 3 is 2.31 bits per heavy atom. The van der Waals surface area contributed by atoms with E-state index in [9.17, 15) is 18.4 Å². The molecule has 5 nitrogen and oxygen atoms in total. The van der Waals surface area contributed by atoms with Crippen LogP contribution in [0, 0.1) is 11.6 Å². The topological polar surface area (TPSA) is 58.6 Å². The van der Waals surface area contributed by atoms with Gasteiger partial charge in [0.1, 0.15) is 11.4 Å². The Morgan fingerprint density at radius 1 is 0.938 bits per heavy atom. The van der Waals surface area contributed by atoms with Gasteiger partial charge in [0.05, 0.1) is 19.2 Å². The molecular formula is C24H17ClF2N2O3. The van der Waals surface area contributed by atoms with Gasteiger partial charge in [0.15, 0.2) is 11.6 Å². The molecule has 0 atom stereocenters. The van der Waals surface area contributed by atoms with Gasteiger partial charge in [-0.3, -0.25) is 14.5 Å². The summed E-state index contributed by atoms with van der Waals surface area (Å²) in [6.07, 6.45) is 0. The first kappa shape index (κ1) is 21.5. The molecule has 0 radical (unpaired) electrons. The summed E-state index contributed by atoms with van der Waals surface area (Å²) in [6, 6.07) is 16.6. The van der Waals surface area contributed by atoms with Crippen LogP contribution in [0.5, 0.6) is 5.75 Å². The predicted molar refractivity (Wildman–Crippen MR) is 117 cm³/mol. The molecule has 0 aliphatic carbocycles. The van der Waals surface area contributed by atoms with Crippen LogP contribution in [-0.2, 0) is 16.1 Å². The second-order valence-electron chi connectivity index (χ2n) is 7.02. The van der Waals surface area contributed by atoms with Crippen molar-refractivity contribution in [2.45, 2.75) is 6.54 Å². The highest BCUT2D eigenvalue weighted by atomic mass is 35.5. The lowest BCUT2D eigenvalue weighted by Gasteiger charge is -2.16. The average molecular weight is 455 g/mol. The highest BCUT2D eigenvalue weighted by Gasteiger charge is 2.39. The van der Waals surface area contributed by atoms with E-state index in [-0.39, 0.29) is 23.5 Å². The van der Waals surface area contributed by atoms with E-state index < -0.39 is 23.4 Å². The predicted octanol–water partition coefficient (Wildman–Crippen LogP) is 5.02. The number of imide groups is 1. The number of hydrogen-bond acceptors (Lipinski definition) is 4. The maximum Gasteiger partial charge on any atom is 0.278 e. The van der Waals surface area contributed by atoms with Crippen molar-refractivity contribution in [3.63, 3.8) is 0 Å². The summed E-state index contributed by atoms with van der Waals surface area (Å²) < 4.78 is 32.2. The number of nitrogens with one attached hydrogen (secondary N) is 1. The molecule has 4 rings (SSSR count). The van der Waals surface area contributed by atoms with Gasteiger partial charge in [-0.15, -0.1) is 0 Å². The monoisotopic (exact) mass is 454 g/mol. The minimum absolute atomic E-state index is 0.0417. The van der Waals surface area contributed by atoms with Crippen LogP contribution >= 0.6 is 11.6 Å². The minimum atomic E-state index is -1.08. The highest BCUT2D eigenvalue weighted by molar-refractivity contribution is 6.36. The van der Waals surface area contributed by atoms with Gasteiger partial charge in [-0.25, -0.2) is 8.78 Å². The molecule has 0 fully saturated rings. The van der Waals surface area contributed by atoms with Crippen LogP contribution < -0.4 is 10.1 Å². The molecule has 1 heterocycles. The fourth-order valence-electron chi connectivity index (χ4n) is 3.38. The van der Waals surface area contributed by atoms with E-state index in [2.05, 4.69) is 5.32 Å². The largest absolute Gasteiger partial charge is 0.497 e. The first-order valence-corrected chi connectivity index (χ1v) is 9.97. The third-order valence-corrected chi connectivity index (χ3v) is 5.39. The van der Waals surface area contributed by atoms with Crippen LogP contribution in [0.15, 0.2) is 72.4 Å². The number of nitrogens with zero attached hydrogens (tertiary/aromatic N) is 1. The summed E-state index contributed by atoms with van der Waals surface area (Å²) in [5, 5.41) is 3.21. The minimum Gasteiger partial charge on any atom is -0.497 e. The van der Waals surface area contributed by atoms with Crippen LogP contribution in [0.1, 0.15) is 11.1 Å². The first-order valence-electron chi connectivity index (χ1n) is 9.59. The van der Waals surface area contributed by atoms with Crippen molar-refractivity contribution in [2.75, 3.05) is 12.4 Å². The Bertz CT molecular complexity index is 1240. The molecule has 0 bridgehead atoms. The Hall–Kier alpha value is -3.71. The van der Waals surface area contributed by atoms with Gasteiger partial charge in [0.25, 0.3) is 11.8 Å². The van der Waals surface area contributed by atoms with Gasteiger partial charge in [-0.2, -0.15) is 0 Å². The molecule has 0 spiro atoms. The van der Waals surface area contributed by atoms with Gasteiger partial charge in [0.2, 0.25) is 0 Å². The number of ether oxygens (including phenoxy) is 1. The molecule has 3 aromatic rings. The van der Waals surface area contributed by atoms with Crippen LogP contribution in [-0.4, -0.2) is 23.8 Å². The molecule has 0 saturated carbocycles. The van der Waals surface area contributed by atoms with E-state index in [0.29, 0.717) is 21.9 Å². The zero-order valence-corrected chi connectivity index (χ0v) is 17.6. The van der Waals surface area contributed by atoms with Gasteiger partial charge in [0, 0.05) is 16.8 Å². The fraction of sp³-hybridized carbons (Fsp3) is 0.0833. The molecule has 0 saturated heterocycles. The van der Waals surface area contributed by atoms with Crippen molar-refractivity contribution in [1.82, 2.24) is 4.90 Å². The molecule has 8 heteroatoms. The summed E-state index contributed by atoms with van der Waals surface area (Å²) in [4.78, 5) is 27.6. The number of rotatable bonds is 6. The van der Waals surface area contributed by atoms with Gasteiger partial charge < -0.3 is 10.1 Å². The molecule has 32 heavy (non-hydrogen) atoms. The number of hydrogen-bond donors (Lipinski definition) is 1.